The average molecular weight is 374 g/mol. The van der Waals surface area contributed by atoms with Gasteiger partial charge in [0.05, 0.1) is 5.02 Å². The van der Waals surface area contributed by atoms with E-state index in [9.17, 15) is 13.6 Å². The molecule has 0 aliphatic heterocycles. The second-order valence-corrected chi connectivity index (χ2v) is 5.33. The van der Waals surface area contributed by atoms with Gasteiger partial charge in [-0.3, -0.25) is 0 Å². The summed E-state index contributed by atoms with van der Waals surface area (Å²) in [6, 6.07) is 8.06. The highest BCUT2D eigenvalue weighted by atomic mass is 79.9. The Kier molecular flexibility index (Phi) is 5.09. The highest BCUT2D eigenvalue weighted by Crippen LogP contribution is 2.22. The van der Waals surface area contributed by atoms with Gasteiger partial charge in [-0.2, -0.15) is 0 Å². The van der Waals surface area contributed by atoms with E-state index < -0.39 is 17.6 Å². The van der Waals surface area contributed by atoms with Gasteiger partial charge in [0.1, 0.15) is 5.82 Å². The summed E-state index contributed by atoms with van der Waals surface area (Å²) in [6.45, 7) is 0. The van der Waals surface area contributed by atoms with Crippen molar-refractivity contribution >= 4 is 39.6 Å². The molecule has 2 rings (SSSR count). The molecule has 6 heteroatoms. The Morgan fingerprint density at radius 3 is 2.57 bits per heavy atom. The van der Waals surface area contributed by atoms with Crippen molar-refractivity contribution in [2.45, 2.75) is 0 Å². The highest BCUT2D eigenvalue weighted by Gasteiger charge is 2.07. The zero-order valence-corrected chi connectivity index (χ0v) is 12.8. The minimum Gasteiger partial charge on any atom is -0.420 e. The zero-order valence-electron chi connectivity index (χ0n) is 10.4. The normalized spacial score (nSPS) is 10.9. The maximum Gasteiger partial charge on any atom is 0.336 e. The number of hydrogen-bond acceptors (Lipinski definition) is 2. The fourth-order valence-corrected chi connectivity index (χ4v) is 2.00. The molecule has 0 heterocycles. The lowest BCUT2D eigenvalue weighted by atomic mass is 10.2. The van der Waals surface area contributed by atoms with Gasteiger partial charge in [0.15, 0.2) is 11.6 Å². The van der Waals surface area contributed by atoms with Gasteiger partial charge < -0.3 is 4.74 Å². The molecule has 0 aliphatic carbocycles. The van der Waals surface area contributed by atoms with Crippen molar-refractivity contribution in [1.82, 2.24) is 0 Å². The van der Waals surface area contributed by atoms with Crippen molar-refractivity contribution in [3.05, 3.63) is 69.2 Å². The third kappa shape index (κ3) is 4.37. The first-order valence-electron chi connectivity index (χ1n) is 5.76. The fraction of sp³-hybridized carbons (Fsp3) is 0. The number of carbonyl (C=O) groups excluding carboxylic acids is 1. The van der Waals surface area contributed by atoms with Crippen LogP contribution in [0.1, 0.15) is 5.56 Å². The quantitative estimate of drug-likeness (QED) is 0.430. The maximum absolute atomic E-state index is 13.5. The standard InChI is InChI=1S/C15H8BrClF2O2/c16-10-3-5-14(13(19)8-10)21-15(20)6-2-9-1-4-12(18)11(17)7-9/h1-8H/b6-2+. The third-order valence-electron chi connectivity index (χ3n) is 2.46. The topological polar surface area (TPSA) is 26.3 Å². The van der Waals surface area contributed by atoms with Crippen LogP contribution < -0.4 is 4.74 Å². The summed E-state index contributed by atoms with van der Waals surface area (Å²) in [4.78, 5) is 11.6. The number of rotatable bonds is 3. The summed E-state index contributed by atoms with van der Waals surface area (Å²) >= 11 is 8.71. The molecule has 2 aromatic rings. The lowest BCUT2D eigenvalue weighted by molar-refractivity contribution is -0.129. The molecule has 0 spiro atoms. The van der Waals surface area contributed by atoms with Gasteiger partial charge in [0.25, 0.3) is 0 Å². The van der Waals surface area contributed by atoms with E-state index in [1.165, 1.54) is 36.4 Å². The van der Waals surface area contributed by atoms with Crippen molar-refractivity contribution in [3.8, 4) is 5.75 Å². The van der Waals surface area contributed by atoms with Gasteiger partial charge >= 0.3 is 5.97 Å². The summed E-state index contributed by atoms with van der Waals surface area (Å²) < 4.78 is 31.8. The van der Waals surface area contributed by atoms with Gasteiger partial charge in [0, 0.05) is 10.5 Å². The Balaban J connectivity index is 2.07. The molecule has 0 bridgehead atoms. The smallest absolute Gasteiger partial charge is 0.336 e. The first-order chi connectivity index (χ1) is 9.95. The number of ether oxygens (including phenoxy) is 1. The Labute approximate surface area is 133 Å². The molecule has 0 saturated carbocycles. The first-order valence-corrected chi connectivity index (χ1v) is 6.93. The van der Waals surface area contributed by atoms with Crippen LogP contribution in [0.4, 0.5) is 8.78 Å². The molecule has 0 fully saturated rings. The van der Waals surface area contributed by atoms with Gasteiger partial charge in [0.2, 0.25) is 0 Å². The van der Waals surface area contributed by atoms with Crippen LogP contribution in [-0.2, 0) is 4.79 Å². The van der Waals surface area contributed by atoms with Crippen LogP contribution in [0.25, 0.3) is 6.08 Å². The van der Waals surface area contributed by atoms with Gasteiger partial charge in [-0.15, -0.1) is 0 Å². The molecule has 0 amide bonds. The largest absolute Gasteiger partial charge is 0.420 e. The fourth-order valence-electron chi connectivity index (χ4n) is 1.48. The summed E-state index contributed by atoms with van der Waals surface area (Å²) in [5, 5.41) is -0.0514. The Hall–Kier alpha value is -1.72. The number of halogens is 4. The van der Waals surface area contributed by atoms with Crippen LogP contribution in [0, 0.1) is 11.6 Å². The van der Waals surface area contributed by atoms with Gasteiger partial charge in [-0.1, -0.05) is 33.6 Å². The predicted molar refractivity (Wildman–Crippen MR) is 80.2 cm³/mol. The molecule has 2 aromatic carbocycles. The monoisotopic (exact) mass is 372 g/mol. The zero-order chi connectivity index (χ0) is 15.4. The van der Waals surface area contributed by atoms with E-state index in [0.717, 1.165) is 6.08 Å². The third-order valence-corrected chi connectivity index (χ3v) is 3.24. The SMILES string of the molecule is O=C(/C=C/c1ccc(F)c(Cl)c1)Oc1ccc(Br)cc1F. The summed E-state index contributed by atoms with van der Waals surface area (Å²) in [5.74, 6) is -2.13. The molecule has 21 heavy (non-hydrogen) atoms. The number of carbonyl (C=O) groups is 1. The lowest BCUT2D eigenvalue weighted by Gasteiger charge is -2.03. The van der Waals surface area contributed by atoms with Crippen LogP contribution in [0.3, 0.4) is 0 Å². The molecular formula is C15H8BrClF2O2. The molecule has 0 aromatic heterocycles. The van der Waals surface area contributed by atoms with Gasteiger partial charge in [-0.05, 0) is 42.0 Å². The minimum absolute atomic E-state index is 0.0514. The first kappa shape index (κ1) is 15.7. The van der Waals surface area contributed by atoms with Crippen molar-refractivity contribution in [2.24, 2.45) is 0 Å². The summed E-state index contributed by atoms with van der Waals surface area (Å²) in [5.41, 5.74) is 0.523. The van der Waals surface area contributed by atoms with Crippen molar-refractivity contribution in [1.29, 1.82) is 0 Å². The molecule has 2 nitrogen and oxygen atoms in total. The van der Waals surface area contributed by atoms with E-state index in [2.05, 4.69) is 15.9 Å². The van der Waals surface area contributed by atoms with E-state index in [1.54, 1.807) is 6.07 Å². The van der Waals surface area contributed by atoms with Crippen LogP contribution in [0.15, 0.2) is 46.9 Å². The second-order valence-electron chi connectivity index (χ2n) is 4.00. The van der Waals surface area contributed by atoms with E-state index in [1.807, 2.05) is 0 Å². The summed E-state index contributed by atoms with van der Waals surface area (Å²) in [6.07, 6.45) is 2.50. The van der Waals surface area contributed by atoms with Crippen LogP contribution in [0.2, 0.25) is 5.02 Å². The van der Waals surface area contributed by atoms with Gasteiger partial charge in [-0.25, -0.2) is 13.6 Å². The van der Waals surface area contributed by atoms with Crippen molar-refractivity contribution < 1.29 is 18.3 Å². The van der Waals surface area contributed by atoms with Crippen LogP contribution in [-0.4, -0.2) is 5.97 Å². The van der Waals surface area contributed by atoms with Crippen molar-refractivity contribution in [2.75, 3.05) is 0 Å². The second kappa shape index (κ2) is 6.83. The number of benzene rings is 2. The number of hydrogen-bond donors (Lipinski definition) is 0. The molecule has 0 radical (unpaired) electrons. The Morgan fingerprint density at radius 2 is 1.90 bits per heavy atom. The van der Waals surface area contributed by atoms with Crippen molar-refractivity contribution in [3.63, 3.8) is 0 Å². The lowest BCUT2D eigenvalue weighted by Crippen LogP contribution is -2.05. The van der Waals surface area contributed by atoms with Crippen LogP contribution in [0.5, 0.6) is 5.75 Å². The van der Waals surface area contributed by atoms with E-state index in [4.69, 9.17) is 16.3 Å². The predicted octanol–water partition coefficient (Wildman–Crippen LogP) is 5.00. The molecule has 0 N–H and O–H groups in total. The molecule has 0 aliphatic rings. The number of esters is 1. The molecule has 0 saturated heterocycles. The molecule has 0 atom stereocenters. The Morgan fingerprint density at radius 1 is 1.14 bits per heavy atom. The Bertz CT molecular complexity index is 717. The maximum atomic E-state index is 13.5. The van der Waals surface area contributed by atoms with E-state index >= 15 is 0 Å². The highest BCUT2D eigenvalue weighted by molar-refractivity contribution is 9.10. The average Bonchev–Trinajstić information content (AvgIpc) is 2.43. The molecule has 0 unspecified atom stereocenters. The van der Waals surface area contributed by atoms with Crippen LogP contribution >= 0.6 is 27.5 Å². The molecule has 108 valence electrons. The van der Waals surface area contributed by atoms with E-state index in [-0.39, 0.29) is 10.8 Å². The minimum atomic E-state index is -0.753. The van der Waals surface area contributed by atoms with E-state index in [0.29, 0.717) is 10.0 Å². The summed E-state index contributed by atoms with van der Waals surface area (Å²) in [7, 11) is 0. The molecular weight excluding hydrogens is 366 g/mol.